The minimum Gasteiger partial charge on any atom is -0.294 e. The maximum absolute atomic E-state index is 11.8. The summed E-state index contributed by atoms with van der Waals surface area (Å²) in [6.07, 6.45) is 1.59. The summed E-state index contributed by atoms with van der Waals surface area (Å²) in [4.78, 5) is 11.8. The van der Waals surface area contributed by atoms with Crippen molar-refractivity contribution in [3.63, 3.8) is 0 Å². The van der Waals surface area contributed by atoms with Crippen molar-refractivity contribution in [1.82, 2.24) is 0 Å². The molecular formula is C16H16O. The van der Waals surface area contributed by atoms with Crippen LogP contribution >= 0.6 is 0 Å². The number of ketones is 1. The van der Waals surface area contributed by atoms with Crippen molar-refractivity contribution in [3.8, 4) is 0 Å². The van der Waals surface area contributed by atoms with Crippen LogP contribution in [0.4, 0.5) is 0 Å². The number of carbonyl (C=O) groups excluding carboxylic acids is 1. The zero-order chi connectivity index (χ0) is 12.2. The summed E-state index contributed by atoms with van der Waals surface area (Å²) in [7, 11) is 0. The van der Waals surface area contributed by atoms with Crippen molar-refractivity contribution < 1.29 is 4.79 Å². The largest absolute Gasteiger partial charge is 0.294 e. The molecule has 0 amide bonds. The van der Waals surface area contributed by atoms with Gasteiger partial charge in [-0.2, -0.15) is 0 Å². The van der Waals surface area contributed by atoms with Gasteiger partial charge in [-0.3, -0.25) is 4.79 Å². The molecule has 1 heteroatoms. The molecule has 1 nitrogen and oxygen atoms in total. The third-order valence-corrected chi connectivity index (χ3v) is 3.97. The first-order valence-electron chi connectivity index (χ1n) is 6.14. The van der Waals surface area contributed by atoms with Crippen molar-refractivity contribution in [2.75, 3.05) is 0 Å². The minimum atomic E-state index is 0.309. The van der Waals surface area contributed by atoms with Crippen molar-refractivity contribution in [2.24, 2.45) is 0 Å². The molecule has 0 unspecified atom stereocenters. The summed E-state index contributed by atoms with van der Waals surface area (Å²) in [5.41, 5.74) is 6.07. The van der Waals surface area contributed by atoms with Crippen LogP contribution in [-0.2, 0) is 6.42 Å². The van der Waals surface area contributed by atoms with Crippen LogP contribution in [0.2, 0.25) is 0 Å². The highest BCUT2D eigenvalue weighted by molar-refractivity contribution is 6.07. The molecule has 1 aliphatic rings. The number of Topliss-reactive ketones (excluding diaryl/α,β-unsaturated/α-hetero) is 1. The van der Waals surface area contributed by atoms with Gasteiger partial charge in [0.25, 0.3) is 0 Å². The summed E-state index contributed by atoms with van der Waals surface area (Å²) in [6, 6.07) is 6.57. The van der Waals surface area contributed by atoms with Gasteiger partial charge in [0, 0.05) is 12.0 Å². The van der Waals surface area contributed by atoms with Crippen LogP contribution < -0.4 is 0 Å². The van der Waals surface area contributed by atoms with E-state index in [1.165, 1.54) is 33.0 Å². The lowest BCUT2D eigenvalue weighted by molar-refractivity contribution is 0.0994. The third-order valence-electron chi connectivity index (χ3n) is 3.97. The summed E-state index contributed by atoms with van der Waals surface area (Å²) in [5.74, 6) is 0.309. The molecule has 0 bridgehead atoms. The van der Waals surface area contributed by atoms with Gasteiger partial charge in [-0.05, 0) is 66.3 Å². The van der Waals surface area contributed by atoms with Gasteiger partial charge in [0.05, 0.1) is 0 Å². The standard InChI is InChI=1S/C16H16O/c1-9-6-13-11(3)8-15-12(4-5-16(15)17)14(13)7-10(9)2/h6-8H,4-5H2,1-3H3. The molecule has 86 valence electrons. The Labute approximate surface area is 101 Å². The zero-order valence-electron chi connectivity index (χ0n) is 10.6. The fourth-order valence-corrected chi connectivity index (χ4v) is 2.81. The number of hydrogen-bond acceptors (Lipinski definition) is 1. The molecule has 0 aliphatic heterocycles. The van der Waals surface area contributed by atoms with E-state index >= 15 is 0 Å². The van der Waals surface area contributed by atoms with Gasteiger partial charge in [-0.1, -0.05) is 12.1 Å². The first kappa shape index (κ1) is 10.5. The molecule has 2 aromatic rings. The molecule has 17 heavy (non-hydrogen) atoms. The Hall–Kier alpha value is -1.63. The Morgan fingerprint density at radius 3 is 2.18 bits per heavy atom. The summed E-state index contributed by atoms with van der Waals surface area (Å²) in [5, 5.41) is 2.59. The van der Waals surface area contributed by atoms with E-state index in [-0.39, 0.29) is 0 Å². The van der Waals surface area contributed by atoms with Gasteiger partial charge in [0.1, 0.15) is 0 Å². The molecule has 0 saturated heterocycles. The Bertz CT molecular complexity index is 650. The molecule has 1 aliphatic carbocycles. The first-order chi connectivity index (χ1) is 8.08. The van der Waals surface area contributed by atoms with E-state index in [1.807, 2.05) is 0 Å². The number of hydrogen-bond donors (Lipinski definition) is 0. The van der Waals surface area contributed by atoms with Gasteiger partial charge >= 0.3 is 0 Å². The molecule has 2 aromatic carbocycles. The lowest BCUT2D eigenvalue weighted by atomic mass is 9.93. The van der Waals surface area contributed by atoms with E-state index in [1.54, 1.807) is 0 Å². The first-order valence-corrected chi connectivity index (χ1v) is 6.14. The van der Waals surface area contributed by atoms with Crippen molar-refractivity contribution in [3.05, 3.63) is 46.0 Å². The molecule has 0 aromatic heterocycles. The smallest absolute Gasteiger partial charge is 0.163 e. The summed E-state index contributed by atoms with van der Waals surface area (Å²) >= 11 is 0. The van der Waals surface area contributed by atoms with E-state index in [0.717, 1.165) is 12.0 Å². The van der Waals surface area contributed by atoms with Crippen LogP contribution in [0.25, 0.3) is 10.8 Å². The van der Waals surface area contributed by atoms with Crippen LogP contribution in [0.5, 0.6) is 0 Å². The lowest BCUT2D eigenvalue weighted by Gasteiger charge is -2.11. The Kier molecular flexibility index (Phi) is 2.12. The predicted molar refractivity (Wildman–Crippen MR) is 70.8 cm³/mol. The molecule has 3 rings (SSSR count). The summed E-state index contributed by atoms with van der Waals surface area (Å²) in [6.45, 7) is 6.38. The monoisotopic (exact) mass is 224 g/mol. The van der Waals surface area contributed by atoms with Gasteiger partial charge in [0.15, 0.2) is 5.78 Å². The van der Waals surface area contributed by atoms with Crippen molar-refractivity contribution in [1.29, 1.82) is 0 Å². The average Bonchev–Trinajstić information content (AvgIpc) is 2.64. The fraction of sp³-hybridized carbons (Fsp3) is 0.312. The maximum atomic E-state index is 11.8. The van der Waals surface area contributed by atoms with E-state index in [4.69, 9.17) is 0 Å². The molecule has 0 heterocycles. The number of aryl methyl sites for hydroxylation is 4. The molecular weight excluding hydrogens is 208 g/mol. The van der Waals surface area contributed by atoms with Gasteiger partial charge in [0.2, 0.25) is 0 Å². The molecule has 0 atom stereocenters. The fourth-order valence-electron chi connectivity index (χ4n) is 2.81. The number of benzene rings is 2. The Morgan fingerprint density at radius 1 is 0.824 bits per heavy atom. The number of rotatable bonds is 0. The molecule has 0 fully saturated rings. The Morgan fingerprint density at radius 2 is 1.47 bits per heavy atom. The van der Waals surface area contributed by atoms with Gasteiger partial charge < -0.3 is 0 Å². The van der Waals surface area contributed by atoms with Crippen LogP contribution in [0.15, 0.2) is 18.2 Å². The molecule has 0 spiro atoms. The molecule has 0 saturated carbocycles. The van der Waals surface area contributed by atoms with Crippen molar-refractivity contribution in [2.45, 2.75) is 33.6 Å². The maximum Gasteiger partial charge on any atom is 0.163 e. The van der Waals surface area contributed by atoms with E-state index < -0.39 is 0 Å². The van der Waals surface area contributed by atoms with Crippen LogP contribution in [-0.4, -0.2) is 5.78 Å². The highest BCUT2D eigenvalue weighted by atomic mass is 16.1. The van der Waals surface area contributed by atoms with Gasteiger partial charge in [-0.25, -0.2) is 0 Å². The van der Waals surface area contributed by atoms with Gasteiger partial charge in [-0.15, -0.1) is 0 Å². The SMILES string of the molecule is Cc1cc2c(C)cc3c(c2cc1C)CCC3=O. The second-order valence-corrected chi connectivity index (χ2v) is 5.12. The molecule has 0 radical (unpaired) electrons. The second kappa shape index (κ2) is 3.43. The number of carbonyl (C=O) groups is 1. The van der Waals surface area contributed by atoms with E-state index in [0.29, 0.717) is 12.2 Å². The summed E-state index contributed by atoms with van der Waals surface area (Å²) < 4.78 is 0. The van der Waals surface area contributed by atoms with E-state index in [2.05, 4.69) is 39.0 Å². The predicted octanol–water partition coefficient (Wildman–Crippen LogP) is 3.89. The third kappa shape index (κ3) is 1.42. The number of fused-ring (bicyclic) bond motifs is 3. The molecule has 0 N–H and O–H groups in total. The average molecular weight is 224 g/mol. The quantitative estimate of drug-likeness (QED) is 0.663. The highest BCUT2D eigenvalue weighted by Crippen LogP contribution is 2.33. The normalized spacial score (nSPS) is 14.4. The topological polar surface area (TPSA) is 17.1 Å². The Balaban J connectivity index is 2.47. The van der Waals surface area contributed by atoms with Crippen LogP contribution in [0.1, 0.15) is 39.0 Å². The highest BCUT2D eigenvalue weighted by Gasteiger charge is 2.22. The van der Waals surface area contributed by atoms with Crippen LogP contribution in [0, 0.1) is 20.8 Å². The van der Waals surface area contributed by atoms with Crippen molar-refractivity contribution >= 4 is 16.6 Å². The van der Waals surface area contributed by atoms with E-state index in [9.17, 15) is 4.79 Å². The lowest BCUT2D eigenvalue weighted by Crippen LogP contribution is -1.95. The minimum absolute atomic E-state index is 0.309. The second-order valence-electron chi connectivity index (χ2n) is 5.12. The zero-order valence-corrected chi connectivity index (χ0v) is 10.6. The van der Waals surface area contributed by atoms with Crippen LogP contribution in [0.3, 0.4) is 0 Å².